The molecule has 2 atom stereocenters. The van der Waals surface area contributed by atoms with E-state index < -0.39 is 35.8 Å². The number of hydrogen-bond donors (Lipinski definition) is 3. The van der Waals surface area contributed by atoms with Crippen LogP contribution in [0, 0.1) is 0 Å². The van der Waals surface area contributed by atoms with Crippen molar-refractivity contribution in [1.82, 2.24) is 35.5 Å². The fraction of sp³-hybridized carbons (Fsp3) is 0.250. The first-order chi connectivity index (χ1) is 18.2. The summed E-state index contributed by atoms with van der Waals surface area (Å²) in [6.45, 7) is 2.55. The van der Waals surface area contributed by atoms with Crippen molar-refractivity contribution in [3.8, 4) is 11.1 Å². The Balaban J connectivity index is 1.61. The van der Waals surface area contributed by atoms with Gasteiger partial charge in [-0.15, -0.1) is 0 Å². The third-order valence-corrected chi connectivity index (χ3v) is 6.01. The molecule has 1 fully saturated rings. The van der Waals surface area contributed by atoms with Crippen LogP contribution < -0.4 is 16.4 Å². The molecule has 14 heteroatoms. The molecule has 1 saturated heterocycles. The molecular weight excluding hydrogens is 497 g/mol. The highest BCUT2D eigenvalue weighted by Gasteiger charge is 2.40. The fourth-order valence-corrected chi connectivity index (χ4v) is 4.24. The zero-order valence-electron chi connectivity index (χ0n) is 20.3. The zero-order valence-corrected chi connectivity index (χ0v) is 20.3. The van der Waals surface area contributed by atoms with Crippen LogP contribution in [0.15, 0.2) is 53.5 Å². The van der Waals surface area contributed by atoms with Crippen molar-refractivity contribution in [2.24, 2.45) is 10.7 Å². The SMILES string of the molecule is C=N/C=C(/NC(=O)C1CC(F)CN1C(=O)Cn1nc(C(N)=O)c2cc(-c3ccnnc3)ccc21)C(=O)NC. The Kier molecular flexibility index (Phi) is 7.50. The first-order valence-corrected chi connectivity index (χ1v) is 11.4. The highest BCUT2D eigenvalue weighted by atomic mass is 19.1. The van der Waals surface area contributed by atoms with Crippen molar-refractivity contribution in [2.75, 3.05) is 13.6 Å². The van der Waals surface area contributed by atoms with E-state index in [0.29, 0.717) is 10.9 Å². The Morgan fingerprint density at radius 3 is 2.68 bits per heavy atom. The third kappa shape index (κ3) is 5.23. The monoisotopic (exact) mass is 521 g/mol. The van der Waals surface area contributed by atoms with Gasteiger partial charge in [0.1, 0.15) is 24.5 Å². The van der Waals surface area contributed by atoms with Gasteiger partial charge >= 0.3 is 0 Å². The number of benzene rings is 1. The summed E-state index contributed by atoms with van der Waals surface area (Å²) in [5.41, 5.74) is 7.20. The number of amides is 4. The maximum atomic E-state index is 14.4. The number of carbonyl (C=O) groups excluding carboxylic acids is 4. The van der Waals surface area contributed by atoms with Gasteiger partial charge in [-0.1, -0.05) is 6.07 Å². The number of fused-ring (bicyclic) bond motifs is 1. The highest BCUT2D eigenvalue weighted by molar-refractivity contribution is 6.05. The number of carbonyl (C=O) groups is 4. The standard InChI is InChI=1S/C24H24FN9O4/c1-27-10-17(23(37)28-2)31-24(38)19-8-15(25)11-33(19)20(35)12-34-18-4-3-13(14-5-6-29-30-9-14)7-16(18)21(32-34)22(26)36/h3-7,9-10,15,19H,1,8,11-12H2,2H3,(H2,26,36)(H,28,37)(H,31,38)/b17-10+. The fourth-order valence-electron chi connectivity index (χ4n) is 4.24. The molecule has 38 heavy (non-hydrogen) atoms. The molecule has 0 saturated carbocycles. The van der Waals surface area contributed by atoms with Crippen LogP contribution >= 0.6 is 0 Å². The first kappa shape index (κ1) is 26.1. The van der Waals surface area contributed by atoms with Gasteiger partial charge in [-0.2, -0.15) is 15.3 Å². The number of aliphatic imine (C=N–C) groups is 1. The number of likely N-dealkylation sites (tertiary alicyclic amines) is 1. The molecule has 0 aliphatic carbocycles. The van der Waals surface area contributed by atoms with Gasteiger partial charge in [0.25, 0.3) is 11.8 Å². The number of nitrogens with zero attached hydrogens (tertiary/aromatic N) is 6. The van der Waals surface area contributed by atoms with Crippen LogP contribution in [0.25, 0.3) is 22.0 Å². The third-order valence-electron chi connectivity index (χ3n) is 6.01. The minimum Gasteiger partial charge on any atom is -0.364 e. The van der Waals surface area contributed by atoms with Gasteiger partial charge in [-0.25, -0.2) is 4.39 Å². The quantitative estimate of drug-likeness (QED) is 0.274. The normalized spacial score (nSPS) is 17.3. The van der Waals surface area contributed by atoms with Crippen LogP contribution in [-0.2, 0) is 20.9 Å². The predicted octanol–water partition coefficient (Wildman–Crippen LogP) is -0.0646. The minimum atomic E-state index is -1.45. The van der Waals surface area contributed by atoms with Crippen LogP contribution in [0.2, 0.25) is 0 Å². The number of rotatable bonds is 8. The summed E-state index contributed by atoms with van der Waals surface area (Å²) in [7, 11) is 1.36. The van der Waals surface area contributed by atoms with Crippen molar-refractivity contribution in [2.45, 2.75) is 25.2 Å². The minimum absolute atomic E-state index is 0.0481. The lowest BCUT2D eigenvalue weighted by Crippen LogP contribution is -2.48. The molecule has 4 N–H and O–H groups in total. The van der Waals surface area contributed by atoms with E-state index >= 15 is 0 Å². The number of nitrogens with one attached hydrogen (secondary N) is 2. The Morgan fingerprint density at radius 2 is 2.03 bits per heavy atom. The summed E-state index contributed by atoms with van der Waals surface area (Å²) >= 11 is 0. The van der Waals surface area contributed by atoms with Crippen molar-refractivity contribution < 1.29 is 23.6 Å². The molecule has 3 heterocycles. The summed E-state index contributed by atoms with van der Waals surface area (Å²) in [6.07, 6.45) is 2.42. The maximum Gasteiger partial charge on any atom is 0.269 e. The summed E-state index contributed by atoms with van der Waals surface area (Å²) in [4.78, 5) is 54.8. The van der Waals surface area contributed by atoms with Gasteiger partial charge in [-0.05, 0) is 30.5 Å². The number of alkyl halides is 1. The van der Waals surface area contributed by atoms with Crippen LogP contribution in [0.4, 0.5) is 4.39 Å². The average molecular weight is 522 g/mol. The molecule has 4 amide bonds. The summed E-state index contributed by atoms with van der Waals surface area (Å²) in [6, 6.07) is 5.69. The Labute approximate surface area is 215 Å². The number of nitrogens with two attached hydrogens (primary N) is 1. The van der Waals surface area contributed by atoms with Crippen molar-refractivity contribution >= 4 is 41.2 Å². The average Bonchev–Trinajstić information content (AvgIpc) is 3.49. The molecule has 2 aromatic heterocycles. The molecule has 0 radical (unpaired) electrons. The molecule has 1 aromatic carbocycles. The Morgan fingerprint density at radius 1 is 1.24 bits per heavy atom. The van der Waals surface area contributed by atoms with Gasteiger partial charge < -0.3 is 21.3 Å². The van der Waals surface area contributed by atoms with E-state index in [1.54, 1.807) is 30.5 Å². The smallest absolute Gasteiger partial charge is 0.269 e. The highest BCUT2D eigenvalue weighted by Crippen LogP contribution is 2.27. The summed E-state index contributed by atoms with van der Waals surface area (Å²) < 4.78 is 15.7. The second-order valence-electron chi connectivity index (χ2n) is 8.42. The van der Waals surface area contributed by atoms with Crippen LogP contribution in [0.1, 0.15) is 16.9 Å². The molecule has 196 valence electrons. The Hall–Kier alpha value is -5.01. The molecule has 1 aliphatic heterocycles. The number of hydrogen-bond acceptors (Lipinski definition) is 8. The number of halogens is 1. The van der Waals surface area contributed by atoms with E-state index in [-0.39, 0.29) is 30.9 Å². The van der Waals surface area contributed by atoms with Crippen molar-refractivity contribution in [3.05, 3.63) is 54.3 Å². The molecule has 3 aromatic rings. The van der Waals surface area contributed by atoms with Crippen molar-refractivity contribution in [3.63, 3.8) is 0 Å². The number of primary amides is 1. The molecular formula is C24H24FN9O4. The lowest BCUT2D eigenvalue weighted by atomic mass is 10.0. The van der Waals surface area contributed by atoms with Gasteiger partial charge in [-0.3, -0.25) is 28.9 Å². The van der Waals surface area contributed by atoms with E-state index in [2.05, 4.69) is 37.6 Å². The van der Waals surface area contributed by atoms with Crippen LogP contribution in [0.5, 0.6) is 0 Å². The van der Waals surface area contributed by atoms with Crippen LogP contribution in [0.3, 0.4) is 0 Å². The summed E-state index contributed by atoms with van der Waals surface area (Å²) in [5.74, 6) is -2.80. The number of likely N-dealkylation sites (N-methyl/N-ethyl adjacent to an activating group) is 1. The lowest BCUT2D eigenvalue weighted by molar-refractivity contribution is -0.138. The van der Waals surface area contributed by atoms with E-state index in [0.717, 1.165) is 22.2 Å². The largest absolute Gasteiger partial charge is 0.364 e. The lowest BCUT2D eigenvalue weighted by Gasteiger charge is -2.24. The first-order valence-electron chi connectivity index (χ1n) is 11.4. The van der Waals surface area contributed by atoms with E-state index in [1.807, 2.05) is 0 Å². The van der Waals surface area contributed by atoms with Gasteiger partial charge in [0, 0.05) is 24.4 Å². The summed E-state index contributed by atoms with van der Waals surface area (Å²) in [5, 5.41) is 16.9. The second kappa shape index (κ2) is 10.9. The zero-order chi connectivity index (χ0) is 27.4. The molecule has 2 unspecified atom stereocenters. The predicted molar refractivity (Wildman–Crippen MR) is 134 cm³/mol. The topological polar surface area (TPSA) is 178 Å². The molecule has 0 bridgehead atoms. The van der Waals surface area contributed by atoms with Gasteiger partial charge in [0.15, 0.2) is 5.69 Å². The maximum absolute atomic E-state index is 14.4. The van der Waals surface area contributed by atoms with E-state index in [9.17, 15) is 23.6 Å². The van der Waals surface area contributed by atoms with Gasteiger partial charge in [0.05, 0.1) is 30.7 Å². The Bertz CT molecular complexity index is 1450. The van der Waals surface area contributed by atoms with Crippen LogP contribution in [-0.4, -0.2) is 81.0 Å². The van der Waals surface area contributed by atoms with Gasteiger partial charge in [0.2, 0.25) is 11.8 Å². The van der Waals surface area contributed by atoms with E-state index in [1.165, 1.54) is 17.9 Å². The molecule has 13 nitrogen and oxygen atoms in total. The molecule has 4 rings (SSSR count). The number of aromatic nitrogens is 4. The van der Waals surface area contributed by atoms with Crippen molar-refractivity contribution in [1.29, 1.82) is 0 Å². The second-order valence-corrected chi connectivity index (χ2v) is 8.42. The molecule has 1 aliphatic rings. The van der Waals surface area contributed by atoms with E-state index in [4.69, 9.17) is 5.73 Å². The molecule has 0 spiro atoms.